The Labute approximate surface area is 150 Å². The summed E-state index contributed by atoms with van der Waals surface area (Å²) in [6.45, 7) is 3.46. The van der Waals surface area contributed by atoms with Crippen LogP contribution in [0.25, 0.3) is 27.9 Å². The molecule has 0 aliphatic rings. The zero-order valence-electron chi connectivity index (χ0n) is 14.6. The van der Waals surface area contributed by atoms with Crippen molar-refractivity contribution in [3.8, 4) is 11.4 Å². The van der Waals surface area contributed by atoms with Crippen LogP contribution in [0, 0.1) is 12.7 Å². The summed E-state index contributed by atoms with van der Waals surface area (Å²) in [6.07, 6.45) is 0. The molecule has 0 saturated heterocycles. The van der Waals surface area contributed by atoms with Gasteiger partial charge in [-0.25, -0.2) is 13.8 Å². The highest BCUT2D eigenvalue weighted by Crippen LogP contribution is 2.28. The van der Waals surface area contributed by atoms with Crippen molar-refractivity contribution in [3.05, 3.63) is 53.8 Å². The zero-order valence-corrected chi connectivity index (χ0v) is 14.6. The highest BCUT2D eigenvalue weighted by atomic mass is 19.1. The monoisotopic (exact) mass is 350 g/mol. The van der Waals surface area contributed by atoms with Crippen LogP contribution in [0.2, 0.25) is 0 Å². The lowest BCUT2D eigenvalue weighted by Crippen LogP contribution is -2.19. The second-order valence-corrected chi connectivity index (χ2v) is 6.15. The Balaban J connectivity index is 2.00. The lowest BCUT2D eigenvalue weighted by atomic mass is 10.1. The summed E-state index contributed by atoms with van der Waals surface area (Å²) in [6, 6.07) is 12.6. The SMILES string of the molecule is CNCCNc1nc2ccc(C)cc2c2nnc(-c3ccccc3F)n12. The minimum Gasteiger partial charge on any atom is -0.354 e. The van der Waals surface area contributed by atoms with E-state index in [2.05, 4.69) is 20.8 Å². The Morgan fingerprint density at radius 3 is 2.73 bits per heavy atom. The van der Waals surface area contributed by atoms with Crippen molar-refractivity contribution >= 4 is 22.5 Å². The van der Waals surface area contributed by atoms with Crippen LogP contribution >= 0.6 is 0 Å². The van der Waals surface area contributed by atoms with E-state index in [1.807, 2.05) is 32.2 Å². The minimum atomic E-state index is -0.340. The zero-order chi connectivity index (χ0) is 18.1. The number of benzene rings is 2. The highest BCUT2D eigenvalue weighted by molar-refractivity contribution is 5.93. The van der Waals surface area contributed by atoms with Gasteiger partial charge in [0.25, 0.3) is 0 Å². The average molecular weight is 350 g/mol. The standard InChI is InChI=1S/C19H19FN6/c1-12-7-8-16-14(11-12)18-25-24-17(13-5-3-4-6-15(13)20)26(18)19(23-16)22-10-9-21-2/h3-8,11,21H,9-10H2,1-2H3,(H,22,23). The van der Waals surface area contributed by atoms with Crippen molar-refractivity contribution in [2.24, 2.45) is 0 Å². The second kappa shape index (κ2) is 6.68. The second-order valence-electron chi connectivity index (χ2n) is 6.15. The first-order valence-corrected chi connectivity index (χ1v) is 8.48. The van der Waals surface area contributed by atoms with Gasteiger partial charge < -0.3 is 10.6 Å². The number of halogens is 1. The number of anilines is 1. The van der Waals surface area contributed by atoms with Crippen LogP contribution in [0.5, 0.6) is 0 Å². The molecule has 0 spiro atoms. The Bertz CT molecular complexity index is 1090. The van der Waals surface area contributed by atoms with Gasteiger partial charge in [0.05, 0.1) is 11.1 Å². The van der Waals surface area contributed by atoms with Gasteiger partial charge >= 0.3 is 0 Å². The van der Waals surface area contributed by atoms with Crippen molar-refractivity contribution in [3.63, 3.8) is 0 Å². The van der Waals surface area contributed by atoms with E-state index in [0.29, 0.717) is 29.5 Å². The van der Waals surface area contributed by atoms with Crippen molar-refractivity contribution < 1.29 is 4.39 Å². The third-order valence-corrected chi connectivity index (χ3v) is 4.27. The van der Waals surface area contributed by atoms with Crippen molar-refractivity contribution in [1.82, 2.24) is 24.9 Å². The third kappa shape index (κ3) is 2.76. The Kier molecular flexibility index (Phi) is 4.22. The van der Waals surface area contributed by atoms with Crippen molar-refractivity contribution in [2.45, 2.75) is 6.92 Å². The minimum absolute atomic E-state index is 0.340. The van der Waals surface area contributed by atoms with Gasteiger partial charge in [-0.15, -0.1) is 10.2 Å². The predicted octanol–water partition coefficient (Wildman–Crippen LogP) is 3.02. The van der Waals surface area contributed by atoms with Crippen molar-refractivity contribution in [2.75, 3.05) is 25.5 Å². The van der Waals surface area contributed by atoms with E-state index >= 15 is 0 Å². The molecule has 0 radical (unpaired) electrons. The van der Waals surface area contributed by atoms with Crippen LogP contribution in [-0.2, 0) is 0 Å². The van der Waals surface area contributed by atoms with Crippen LogP contribution in [0.4, 0.5) is 10.3 Å². The van der Waals surface area contributed by atoms with E-state index in [9.17, 15) is 4.39 Å². The summed E-state index contributed by atoms with van der Waals surface area (Å²) in [4.78, 5) is 4.73. The van der Waals surface area contributed by atoms with E-state index in [-0.39, 0.29) is 5.82 Å². The van der Waals surface area contributed by atoms with Gasteiger partial charge in [0.1, 0.15) is 5.82 Å². The molecule has 7 heteroatoms. The number of rotatable bonds is 5. The Hall–Kier alpha value is -3.06. The predicted molar refractivity (Wildman–Crippen MR) is 101 cm³/mol. The molecular weight excluding hydrogens is 331 g/mol. The fourth-order valence-electron chi connectivity index (χ4n) is 2.98. The van der Waals surface area contributed by atoms with Crippen LogP contribution < -0.4 is 10.6 Å². The van der Waals surface area contributed by atoms with Gasteiger partial charge in [0.15, 0.2) is 11.5 Å². The fourth-order valence-corrected chi connectivity index (χ4v) is 2.98. The first-order valence-electron chi connectivity index (χ1n) is 8.48. The molecule has 0 amide bonds. The van der Waals surface area contributed by atoms with Gasteiger partial charge in [-0.05, 0) is 38.2 Å². The van der Waals surface area contributed by atoms with E-state index in [1.54, 1.807) is 22.6 Å². The lowest BCUT2D eigenvalue weighted by Gasteiger charge is -2.12. The number of hydrogen-bond acceptors (Lipinski definition) is 5. The van der Waals surface area contributed by atoms with Gasteiger partial charge in [-0.1, -0.05) is 23.8 Å². The van der Waals surface area contributed by atoms with Crippen LogP contribution in [0.15, 0.2) is 42.5 Å². The van der Waals surface area contributed by atoms with Crippen LogP contribution in [0.3, 0.4) is 0 Å². The molecule has 0 atom stereocenters. The van der Waals surface area contributed by atoms with E-state index in [0.717, 1.165) is 23.0 Å². The maximum absolute atomic E-state index is 14.4. The number of nitrogens with zero attached hydrogens (tertiary/aromatic N) is 4. The van der Waals surface area contributed by atoms with E-state index in [4.69, 9.17) is 4.98 Å². The molecule has 4 aromatic rings. The van der Waals surface area contributed by atoms with E-state index in [1.165, 1.54) is 6.07 Å². The molecule has 0 fully saturated rings. The number of hydrogen-bond donors (Lipinski definition) is 2. The summed E-state index contributed by atoms with van der Waals surface area (Å²) in [5.74, 6) is 0.683. The molecule has 0 bridgehead atoms. The van der Waals surface area contributed by atoms with Gasteiger partial charge in [0.2, 0.25) is 5.95 Å². The molecule has 4 rings (SSSR count). The molecule has 132 valence electrons. The van der Waals surface area contributed by atoms with Gasteiger partial charge in [-0.2, -0.15) is 0 Å². The quantitative estimate of drug-likeness (QED) is 0.542. The van der Waals surface area contributed by atoms with Crippen LogP contribution in [-0.4, -0.2) is 39.7 Å². The molecule has 2 heterocycles. The maximum Gasteiger partial charge on any atom is 0.211 e. The lowest BCUT2D eigenvalue weighted by molar-refractivity contribution is 0.629. The number of fused-ring (bicyclic) bond motifs is 3. The number of aromatic nitrogens is 4. The summed E-state index contributed by atoms with van der Waals surface area (Å²) in [7, 11) is 1.89. The summed E-state index contributed by atoms with van der Waals surface area (Å²) in [5.41, 5.74) is 2.98. The molecule has 0 unspecified atom stereocenters. The smallest absolute Gasteiger partial charge is 0.211 e. The summed E-state index contributed by atoms with van der Waals surface area (Å²) in [5, 5.41) is 15.9. The highest BCUT2D eigenvalue weighted by Gasteiger charge is 2.18. The number of likely N-dealkylation sites (N-methyl/N-ethyl adjacent to an activating group) is 1. The van der Waals surface area contributed by atoms with Crippen molar-refractivity contribution in [1.29, 1.82) is 0 Å². The normalized spacial score (nSPS) is 11.3. The molecule has 0 aliphatic carbocycles. The molecular formula is C19H19FN6. The largest absolute Gasteiger partial charge is 0.354 e. The average Bonchev–Trinajstić information content (AvgIpc) is 3.08. The first-order chi connectivity index (χ1) is 12.7. The van der Waals surface area contributed by atoms with E-state index < -0.39 is 0 Å². The fraction of sp³-hybridized carbons (Fsp3) is 0.211. The molecule has 0 saturated carbocycles. The summed E-state index contributed by atoms with van der Waals surface area (Å²) < 4.78 is 16.2. The molecule has 26 heavy (non-hydrogen) atoms. The molecule has 2 aromatic carbocycles. The van der Waals surface area contributed by atoms with Gasteiger partial charge in [0, 0.05) is 18.5 Å². The summed E-state index contributed by atoms with van der Waals surface area (Å²) >= 11 is 0. The molecule has 2 N–H and O–H groups in total. The molecule has 2 aromatic heterocycles. The van der Waals surface area contributed by atoms with Gasteiger partial charge in [-0.3, -0.25) is 0 Å². The third-order valence-electron chi connectivity index (χ3n) is 4.27. The van der Waals surface area contributed by atoms with Crippen LogP contribution in [0.1, 0.15) is 5.56 Å². The molecule has 6 nitrogen and oxygen atoms in total. The molecule has 0 aliphatic heterocycles. The number of aryl methyl sites for hydroxylation is 1. The Morgan fingerprint density at radius 1 is 1.08 bits per heavy atom. The topological polar surface area (TPSA) is 67.1 Å². The number of nitrogens with one attached hydrogen (secondary N) is 2. The maximum atomic E-state index is 14.4. The first kappa shape index (κ1) is 16.4. The Morgan fingerprint density at radius 2 is 1.92 bits per heavy atom.